The van der Waals surface area contributed by atoms with E-state index in [0.717, 1.165) is 12.8 Å². The molecule has 0 atom stereocenters. The molecule has 0 saturated heterocycles. The summed E-state index contributed by atoms with van der Waals surface area (Å²) in [6, 6.07) is 0. The Hall–Kier alpha value is 0.286. The topological polar surface area (TPSA) is 229 Å². The zero-order valence-corrected chi connectivity index (χ0v) is 19.9. The maximum atomic E-state index is 10.2. The van der Waals surface area contributed by atoms with Crippen molar-refractivity contribution in [3.63, 3.8) is 0 Å². The van der Waals surface area contributed by atoms with Gasteiger partial charge in [-0.2, -0.15) is 0 Å². The number of carboxylic acid groups (broad SMARTS) is 1. The molecule has 0 rings (SSSR count). The largest absolute Gasteiger partial charge is 2.00 e. The average Bonchev–Trinajstić information content (AvgIpc) is 2.43. The summed E-state index contributed by atoms with van der Waals surface area (Å²) in [7, 11) is 0. The van der Waals surface area contributed by atoms with E-state index in [2.05, 4.69) is 6.92 Å². The third-order valence-electron chi connectivity index (χ3n) is 3.98. The summed E-state index contributed by atoms with van der Waals surface area (Å²) in [6.45, 7) is 2.27. The van der Waals surface area contributed by atoms with Crippen LogP contribution in [-0.4, -0.2) is 61.9 Å². The number of aliphatic carboxylic acids is 1. The number of carbonyl (C=O) groups is 1. The fraction of sp³-hybridized carbons (Fsp3) is 0.944. The molecule has 0 aromatic heterocycles. The van der Waals surface area contributed by atoms with Gasteiger partial charge in [0.25, 0.3) is 0 Å². The third-order valence-corrected chi connectivity index (χ3v) is 3.98. The van der Waals surface area contributed by atoms with Crippen molar-refractivity contribution in [2.45, 2.75) is 110 Å². The molecule has 28 heavy (non-hydrogen) atoms. The molecule has 0 aliphatic heterocycles. The molecule has 8 nitrogen and oxygen atoms in total. The van der Waals surface area contributed by atoms with E-state index in [-0.39, 0.29) is 74.7 Å². The molecule has 12 N–H and O–H groups in total. The van der Waals surface area contributed by atoms with Crippen molar-refractivity contribution in [1.82, 2.24) is 0 Å². The van der Waals surface area contributed by atoms with Crippen molar-refractivity contribution in [3.05, 3.63) is 0 Å². The Morgan fingerprint density at radius 1 is 0.536 bits per heavy atom. The zero-order valence-electron chi connectivity index (χ0n) is 17.7. The molecular weight excluding hydrogens is 404 g/mol. The van der Waals surface area contributed by atoms with Crippen LogP contribution in [0.1, 0.15) is 110 Å². The van der Waals surface area contributed by atoms with Gasteiger partial charge in [-0.3, -0.25) is 0 Å². The predicted molar refractivity (Wildman–Crippen MR) is 112 cm³/mol. The van der Waals surface area contributed by atoms with E-state index in [1.54, 1.807) is 0 Å². The minimum atomic E-state index is -0.903. The maximum Gasteiger partial charge on any atom is 2.00 e. The van der Waals surface area contributed by atoms with Crippen molar-refractivity contribution in [1.29, 1.82) is 0 Å². The molecule has 0 saturated carbocycles. The standard InChI is InChI=1S/C18H36O2.ClH.Mg.6H2O/c1-2-3-4-5-6-7-8-9-10-11-12-13-14-15-16-17-18(19)20;;;;;;;;/h2-17H2,1H3,(H,19,20);1H;;6*1H2/q;;+2;;;;;;/p-2. The smallest absolute Gasteiger partial charge is 1.00 e. The van der Waals surface area contributed by atoms with Gasteiger partial charge >= 0.3 is 23.1 Å². The second-order valence-corrected chi connectivity index (χ2v) is 6.07. The van der Waals surface area contributed by atoms with E-state index >= 15 is 0 Å². The Kier molecular flexibility index (Phi) is 102. The molecule has 0 fully saturated rings. The molecule has 0 bridgehead atoms. The average molecular weight is 451 g/mol. The van der Waals surface area contributed by atoms with Crippen LogP contribution in [0.25, 0.3) is 0 Å². The molecule has 176 valence electrons. The Bertz CT molecular complexity index is 228. The minimum Gasteiger partial charge on any atom is -1.00 e. The third kappa shape index (κ3) is 56.2. The van der Waals surface area contributed by atoms with Crippen molar-refractivity contribution >= 4 is 29.0 Å². The van der Waals surface area contributed by atoms with Crippen LogP contribution in [0.4, 0.5) is 0 Å². The first-order valence-corrected chi connectivity index (χ1v) is 8.97. The van der Waals surface area contributed by atoms with Crippen LogP contribution in [0.15, 0.2) is 0 Å². The van der Waals surface area contributed by atoms with Gasteiger partial charge in [0.2, 0.25) is 0 Å². The number of hydrogen-bond acceptors (Lipinski definition) is 2. The molecule has 0 aromatic carbocycles. The van der Waals surface area contributed by atoms with Gasteiger partial charge in [-0.05, 0) is 12.8 Å². The summed E-state index contributed by atoms with van der Waals surface area (Å²) < 4.78 is 0. The van der Waals surface area contributed by atoms with Crippen LogP contribution in [0.2, 0.25) is 0 Å². The number of carboxylic acids is 1. The second-order valence-electron chi connectivity index (χ2n) is 6.07. The van der Waals surface area contributed by atoms with Gasteiger partial charge in [-0.1, -0.05) is 96.8 Å². The van der Waals surface area contributed by atoms with E-state index in [1.807, 2.05) is 0 Å². The van der Waals surface area contributed by atoms with Gasteiger partial charge in [0, 0.05) is 5.97 Å². The van der Waals surface area contributed by atoms with Gasteiger partial charge < -0.3 is 55.2 Å². The zero-order chi connectivity index (χ0) is 14.9. The molecule has 0 amide bonds. The molecule has 0 spiro atoms. The Labute approximate surface area is 193 Å². The Morgan fingerprint density at radius 2 is 0.750 bits per heavy atom. The summed E-state index contributed by atoms with van der Waals surface area (Å²) in [5.74, 6) is -0.903. The van der Waals surface area contributed by atoms with Crippen molar-refractivity contribution in [2.24, 2.45) is 0 Å². The second kappa shape index (κ2) is 50.7. The molecule has 0 heterocycles. The fourth-order valence-corrected chi connectivity index (χ4v) is 2.64. The quantitative estimate of drug-likeness (QED) is 0.173. The summed E-state index contributed by atoms with van der Waals surface area (Å²) >= 11 is 0. The number of carbonyl (C=O) groups excluding carboxylic acids is 1. The van der Waals surface area contributed by atoms with Crippen molar-refractivity contribution < 1.29 is 55.2 Å². The van der Waals surface area contributed by atoms with E-state index in [4.69, 9.17) is 0 Å². The Balaban J connectivity index is -0.0000000645. The van der Waals surface area contributed by atoms with Crippen LogP contribution < -0.4 is 17.5 Å². The van der Waals surface area contributed by atoms with E-state index in [0.29, 0.717) is 0 Å². The van der Waals surface area contributed by atoms with Crippen LogP contribution in [0.5, 0.6) is 0 Å². The molecule has 0 aliphatic carbocycles. The van der Waals surface area contributed by atoms with Gasteiger partial charge in [-0.25, -0.2) is 0 Å². The molecule has 0 aliphatic rings. The van der Waals surface area contributed by atoms with Gasteiger partial charge in [-0.15, -0.1) is 0 Å². The summed E-state index contributed by atoms with van der Waals surface area (Å²) in [6.07, 6.45) is 19.9. The van der Waals surface area contributed by atoms with Gasteiger partial charge in [0.05, 0.1) is 0 Å². The molecule has 0 aromatic rings. The minimum absolute atomic E-state index is 0. The normalized spacial score (nSPS) is 7.75. The SMILES string of the molecule is CCCCCCCCCCCCCCCCCC(=O)[O-].O.O.O.O.O.O.[Cl-].[Mg+2]. The van der Waals surface area contributed by atoms with Crippen molar-refractivity contribution in [3.8, 4) is 0 Å². The van der Waals surface area contributed by atoms with Crippen LogP contribution in [0, 0.1) is 0 Å². The number of unbranched alkanes of at least 4 members (excludes halogenated alkanes) is 14. The molecule has 10 heteroatoms. The van der Waals surface area contributed by atoms with E-state index in [1.165, 1.54) is 83.5 Å². The van der Waals surface area contributed by atoms with E-state index < -0.39 is 5.97 Å². The number of rotatable bonds is 16. The maximum absolute atomic E-state index is 10.2. The fourth-order valence-electron chi connectivity index (χ4n) is 2.64. The predicted octanol–water partition coefficient (Wildman–Crippen LogP) is -3.33. The van der Waals surface area contributed by atoms with Gasteiger partial charge in [0.1, 0.15) is 0 Å². The first kappa shape index (κ1) is 56.6. The van der Waals surface area contributed by atoms with Crippen LogP contribution in [0.3, 0.4) is 0 Å². The Morgan fingerprint density at radius 3 is 0.964 bits per heavy atom. The first-order chi connectivity index (χ1) is 9.77. The van der Waals surface area contributed by atoms with E-state index in [9.17, 15) is 9.90 Å². The molecule has 0 unspecified atom stereocenters. The number of halogens is 1. The molecule has 0 radical (unpaired) electrons. The summed E-state index contributed by atoms with van der Waals surface area (Å²) in [4.78, 5) is 10.2. The first-order valence-electron chi connectivity index (χ1n) is 8.97. The number of hydrogen-bond donors (Lipinski definition) is 0. The van der Waals surface area contributed by atoms with Crippen molar-refractivity contribution in [2.75, 3.05) is 0 Å². The van der Waals surface area contributed by atoms with Crippen LogP contribution >= 0.6 is 0 Å². The monoisotopic (exact) mass is 450 g/mol. The molecular formula is C18H47ClMgO8. The van der Waals surface area contributed by atoms with Gasteiger partial charge in [0.15, 0.2) is 0 Å². The van der Waals surface area contributed by atoms with Crippen LogP contribution in [-0.2, 0) is 4.79 Å². The summed E-state index contributed by atoms with van der Waals surface area (Å²) in [5.41, 5.74) is 0. The summed E-state index contributed by atoms with van der Waals surface area (Å²) in [5, 5.41) is 10.2.